The summed E-state index contributed by atoms with van der Waals surface area (Å²) in [6.07, 6.45) is -9.89. The van der Waals surface area contributed by atoms with E-state index in [0.717, 1.165) is 18.2 Å². The van der Waals surface area contributed by atoms with Crippen LogP contribution in [0, 0.1) is 18.7 Å². The van der Waals surface area contributed by atoms with Crippen molar-refractivity contribution in [1.29, 1.82) is 0 Å². The third-order valence-electron chi connectivity index (χ3n) is 7.90. The highest BCUT2D eigenvalue weighted by molar-refractivity contribution is 6.02. The number of phenols is 1. The van der Waals surface area contributed by atoms with Gasteiger partial charge in [-0.3, -0.25) is 4.79 Å². The zero-order valence-electron chi connectivity index (χ0n) is 24.3. The lowest BCUT2D eigenvalue weighted by molar-refractivity contribution is -0.176. The van der Waals surface area contributed by atoms with Gasteiger partial charge in [-0.1, -0.05) is 19.1 Å². The van der Waals surface area contributed by atoms with Crippen LogP contribution in [0.2, 0.25) is 0 Å². The molecule has 8 nitrogen and oxygen atoms in total. The van der Waals surface area contributed by atoms with Gasteiger partial charge in [-0.25, -0.2) is 9.37 Å². The van der Waals surface area contributed by atoms with Gasteiger partial charge in [0, 0.05) is 42.5 Å². The second-order valence-corrected chi connectivity index (χ2v) is 10.8. The van der Waals surface area contributed by atoms with Crippen molar-refractivity contribution in [2.24, 2.45) is 5.92 Å². The number of phenolic OH excluding ortho intramolecular Hbond substituents is 1. The summed E-state index contributed by atoms with van der Waals surface area (Å²) >= 11 is 0. The number of nitrogens with zero attached hydrogens (tertiary/aromatic N) is 4. The molecule has 1 aliphatic rings. The molecule has 5 rings (SSSR count). The quantitative estimate of drug-likeness (QED) is 0.226. The van der Waals surface area contributed by atoms with E-state index in [2.05, 4.69) is 20.3 Å². The largest absolute Gasteiger partial charge is 0.508 e. The Bertz CT molecular complexity index is 1780. The number of carbonyl (C=O) groups is 1. The van der Waals surface area contributed by atoms with E-state index >= 15 is 4.39 Å². The van der Waals surface area contributed by atoms with E-state index in [9.17, 15) is 36.2 Å². The fourth-order valence-electron chi connectivity index (χ4n) is 5.85. The number of aryl methyl sites for hydroxylation is 1. The Morgan fingerprint density at radius 3 is 2.51 bits per heavy atom. The number of pyridine rings is 1. The minimum atomic E-state index is -4.97. The summed E-state index contributed by atoms with van der Waals surface area (Å²) in [6.45, 7) is 3.70. The number of alkyl halides is 6. The van der Waals surface area contributed by atoms with Gasteiger partial charge in [0.2, 0.25) is 5.78 Å². The van der Waals surface area contributed by atoms with E-state index in [1.807, 2.05) is 0 Å². The molecule has 0 bridgehead atoms. The average Bonchev–Trinajstić information content (AvgIpc) is 2.99. The number of hydrogen-bond acceptors (Lipinski definition) is 8. The molecule has 0 saturated carbocycles. The first-order chi connectivity index (χ1) is 21.1. The van der Waals surface area contributed by atoms with Crippen molar-refractivity contribution in [2.45, 2.75) is 45.1 Å². The van der Waals surface area contributed by atoms with Crippen molar-refractivity contribution >= 4 is 33.3 Å². The van der Waals surface area contributed by atoms with Gasteiger partial charge in [-0.05, 0) is 43.4 Å². The number of hydrogen-bond donors (Lipinski definition) is 2. The van der Waals surface area contributed by atoms with Crippen LogP contribution in [0.4, 0.5) is 36.6 Å². The fourth-order valence-corrected chi connectivity index (χ4v) is 5.85. The zero-order valence-corrected chi connectivity index (χ0v) is 24.3. The van der Waals surface area contributed by atoms with E-state index in [4.69, 9.17) is 4.74 Å². The van der Waals surface area contributed by atoms with E-state index in [1.165, 1.54) is 33.1 Å². The van der Waals surface area contributed by atoms with E-state index in [-0.39, 0.29) is 64.1 Å². The Morgan fingerprint density at radius 2 is 1.87 bits per heavy atom. The van der Waals surface area contributed by atoms with Crippen LogP contribution in [0.25, 0.3) is 32.9 Å². The summed E-state index contributed by atoms with van der Waals surface area (Å²) in [5.74, 6) is -4.40. The number of aromatic hydroxyl groups is 1. The molecule has 0 radical (unpaired) electrons. The van der Waals surface area contributed by atoms with Gasteiger partial charge in [-0.15, -0.1) is 0 Å². The van der Waals surface area contributed by atoms with Gasteiger partial charge in [0.15, 0.2) is 5.82 Å². The number of anilines is 1. The Balaban J connectivity index is 1.64. The highest BCUT2D eigenvalue weighted by Gasteiger charge is 2.43. The molecule has 4 aromatic rings. The van der Waals surface area contributed by atoms with Crippen molar-refractivity contribution in [3.8, 4) is 23.0 Å². The van der Waals surface area contributed by atoms with Gasteiger partial charge < -0.3 is 20.1 Å². The molecule has 0 aliphatic carbocycles. The molecule has 2 aromatic carbocycles. The number of fused-ring (bicyclic) bond motifs is 2. The number of methoxy groups -OCH3 is 1. The summed E-state index contributed by atoms with van der Waals surface area (Å²) in [4.78, 5) is 26.5. The maximum atomic E-state index is 16.4. The van der Waals surface area contributed by atoms with Gasteiger partial charge in [0.25, 0.3) is 0 Å². The molecule has 0 amide bonds. The normalized spacial score (nSPS) is 16.8. The second kappa shape index (κ2) is 11.9. The highest BCUT2D eigenvalue weighted by Crippen LogP contribution is 2.43. The number of rotatable bonds is 7. The van der Waals surface area contributed by atoms with E-state index in [0.29, 0.717) is 13.1 Å². The zero-order chi connectivity index (χ0) is 32.8. The molecule has 2 N–H and O–H groups in total. The van der Waals surface area contributed by atoms with E-state index in [1.54, 1.807) is 4.90 Å². The van der Waals surface area contributed by atoms with Crippen LogP contribution in [-0.4, -0.2) is 64.8 Å². The van der Waals surface area contributed by atoms with Crippen LogP contribution in [-0.2, 0) is 11.0 Å². The van der Waals surface area contributed by atoms with Gasteiger partial charge in [0.1, 0.15) is 22.8 Å². The molecular formula is C30H28F7N5O3. The predicted octanol–water partition coefficient (Wildman–Crippen LogP) is 6.35. The molecule has 45 heavy (non-hydrogen) atoms. The van der Waals surface area contributed by atoms with Crippen LogP contribution in [0.5, 0.6) is 11.8 Å². The topological polar surface area (TPSA) is 100 Å². The van der Waals surface area contributed by atoms with Gasteiger partial charge in [0.05, 0.1) is 23.8 Å². The standard InChI is InChI=1S/C30H28F7N5O3/c1-4-15(26(44)30(35,36)37)10-17-13-42(9-8-38-17)27-21-14(2)39-24(23(31)25(21)40-28(41-27)45-3)19-12-18(43)11-16-6-5-7-20(22(16)19)29(32,33)34/h5-7,11-12,15,17,38,43H,4,8-10,13H2,1-3H3. The molecule has 1 fully saturated rings. The smallest absolute Gasteiger partial charge is 0.450 e. The van der Waals surface area contributed by atoms with Crippen molar-refractivity contribution in [1.82, 2.24) is 20.3 Å². The fraction of sp³-hybridized carbons (Fsp3) is 0.400. The third-order valence-corrected chi connectivity index (χ3v) is 7.90. The molecule has 0 spiro atoms. The van der Waals surface area contributed by atoms with Crippen molar-refractivity contribution < 1.29 is 45.4 Å². The lowest BCUT2D eigenvalue weighted by atomic mass is 9.91. The molecule has 1 aliphatic heterocycles. The number of piperazine rings is 1. The Morgan fingerprint density at radius 1 is 1.13 bits per heavy atom. The number of halogens is 7. The number of ketones is 1. The number of carbonyl (C=O) groups excluding carboxylic acids is 1. The predicted molar refractivity (Wildman–Crippen MR) is 152 cm³/mol. The summed E-state index contributed by atoms with van der Waals surface area (Å²) in [7, 11) is 1.24. The third kappa shape index (κ3) is 6.17. The molecule has 240 valence electrons. The van der Waals surface area contributed by atoms with Crippen molar-refractivity contribution in [2.75, 3.05) is 31.6 Å². The maximum Gasteiger partial charge on any atom is 0.450 e. The van der Waals surface area contributed by atoms with Crippen LogP contribution in [0.3, 0.4) is 0 Å². The van der Waals surface area contributed by atoms with Gasteiger partial charge >= 0.3 is 18.4 Å². The number of ether oxygens (including phenoxy) is 1. The molecule has 3 heterocycles. The monoisotopic (exact) mass is 639 g/mol. The Hall–Kier alpha value is -4.27. The first-order valence-corrected chi connectivity index (χ1v) is 14.0. The molecule has 1 saturated heterocycles. The second-order valence-electron chi connectivity index (χ2n) is 10.8. The van der Waals surface area contributed by atoms with Crippen LogP contribution in [0.1, 0.15) is 31.0 Å². The average molecular weight is 640 g/mol. The SMILES string of the molecule is CCC(CC1CN(c2nc(OC)nc3c(F)c(-c4cc(O)cc5cccc(C(F)(F)F)c45)nc(C)c23)CCN1)C(=O)C(F)(F)F. The number of nitrogens with one attached hydrogen (secondary N) is 1. The summed E-state index contributed by atoms with van der Waals surface area (Å²) < 4.78 is 103. The van der Waals surface area contributed by atoms with Crippen LogP contribution < -0.4 is 15.0 Å². The summed E-state index contributed by atoms with van der Waals surface area (Å²) in [5.41, 5.74) is -2.00. The summed E-state index contributed by atoms with van der Waals surface area (Å²) in [6, 6.07) is 4.70. The summed E-state index contributed by atoms with van der Waals surface area (Å²) in [5, 5.41) is 13.2. The maximum absolute atomic E-state index is 16.4. The number of Topliss-reactive ketones (excluding diaryl/α,β-unsaturated/α-hetero) is 1. The van der Waals surface area contributed by atoms with Crippen LogP contribution >= 0.6 is 0 Å². The Labute approximate surface area is 252 Å². The lowest BCUT2D eigenvalue weighted by Gasteiger charge is -2.36. The number of aromatic nitrogens is 3. The van der Waals surface area contributed by atoms with E-state index < -0.39 is 52.9 Å². The van der Waals surface area contributed by atoms with Crippen molar-refractivity contribution in [3.05, 3.63) is 47.4 Å². The first-order valence-electron chi connectivity index (χ1n) is 14.0. The molecule has 2 unspecified atom stereocenters. The van der Waals surface area contributed by atoms with Gasteiger partial charge in [-0.2, -0.15) is 36.3 Å². The van der Waals surface area contributed by atoms with Crippen molar-refractivity contribution in [3.63, 3.8) is 0 Å². The molecule has 15 heteroatoms. The minimum absolute atomic E-state index is 0.0148. The van der Waals surface area contributed by atoms with Crippen LogP contribution in [0.15, 0.2) is 30.3 Å². The highest BCUT2D eigenvalue weighted by atomic mass is 19.4. The Kier molecular flexibility index (Phi) is 8.51. The number of benzene rings is 2. The first kappa shape index (κ1) is 32.1. The minimum Gasteiger partial charge on any atom is -0.508 e. The lowest BCUT2D eigenvalue weighted by Crippen LogP contribution is -2.52. The molecule has 2 aromatic heterocycles. The molecule has 2 atom stereocenters. The molecular weight excluding hydrogens is 611 g/mol.